The minimum absolute atomic E-state index is 0.0207. The number of hydrogen-bond acceptors (Lipinski definition) is 9. The van der Waals surface area contributed by atoms with Crippen LogP contribution in [0.5, 0.6) is 11.5 Å². The summed E-state index contributed by atoms with van der Waals surface area (Å²) in [5.74, 6) is -0.807. The molecule has 1 unspecified atom stereocenters. The molecular formula is C22H29ClFN7O2. The fourth-order valence-electron chi connectivity index (χ4n) is 3.88. The first-order valence-electron chi connectivity index (χ1n) is 10.8. The molecule has 2 aromatic carbocycles. The van der Waals surface area contributed by atoms with Crippen molar-refractivity contribution in [1.82, 2.24) is 9.80 Å². The van der Waals surface area contributed by atoms with E-state index in [1.807, 2.05) is 0 Å². The van der Waals surface area contributed by atoms with Crippen molar-refractivity contribution in [2.24, 2.45) is 16.1 Å². The number of halogens is 2. The van der Waals surface area contributed by atoms with Crippen molar-refractivity contribution < 1.29 is 13.9 Å². The number of likely N-dealkylation sites (N-methyl/N-ethyl adjacent to an activating group) is 1. The molecule has 2 aliphatic heterocycles. The first kappa shape index (κ1) is 23.5. The van der Waals surface area contributed by atoms with E-state index in [1.54, 1.807) is 19.2 Å². The first-order valence-corrected chi connectivity index (χ1v) is 11.2. The van der Waals surface area contributed by atoms with E-state index in [2.05, 4.69) is 37.9 Å². The van der Waals surface area contributed by atoms with Crippen LogP contribution in [0.4, 0.5) is 15.8 Å². The highest BCUT2D eigenvalue weighted by Gasteiger charge is 2.34. The number of hydrogen-bond donors (Lipinski definition) is 3. The number of nitrogens with zero attached hydrogens (tertiary/aromatic N) is 4. The summed E-state index contributed by atoms with van der Waals surface area (Å²) >= 11 is 5.90. The lowest BCUT2D eigenvalue weighted by atomic mass is 10.0. The third-order valence-electron chi connectivity index (χ3n) is 5.82. The van der Waals surface area contributed by atoms with Crippen molar-refractivity contribution in [1.29, 1.82) is 0 Å². The molecule has 0 amide bonds. The maximum absolute atomic E-state index is 13.5. The molecule has 1 saturated heterocycles. The molecule has 0 spiro atoms. The fourth-order valence-corrected chi connectivity index (χ4v) is 4.06. The highest BCUT2D eigenvalue weighted by atomic mass is 35.5. The van der Waals surface area contributed by atoms with E-state index in [1.165, 1.54) is 18.2 Å². The second kappa shape index (κ2) is 10.1. The Hall–Kier alpha value is -2.66. The second-order valence-electron chi connectivity index (χ2n) is 8.23. The highest BCUT2D eigenvalue weighted by Crippen LogP contribution is 2.41. The van der Waals surface area contributed by atoms with E-state index in [9.17, 15) is 4.39 Å². The Labute approximate surface area is 197 Å². The molecule has 4 rings (SSSR count). The molecule has 0 aliphatic carbocycles. The lowest BCUT2D eigenvalue weighted by Gasteiger charge is -2.32. The molecule has 2 heterocycles. The lowest BCUT2D eigenvalue weighted by molar-refractivity contribution is 0.145. The first-order chi connectivity index (χ1) is 15.9. The van der Waals surface area contributed by atoms with E-state index in [0.29, 0.717) is 35.0 Å². The third kappa shape index (κ3) is 5.47. The molecule has 1 atom stereocenters. The Morgan fingerprint density at radius 3 is 2.73 bits per heavy atom. The number of nitrogens with two attached hydrogens (primary N) is 1. The minimum Gasteiger partial charge on any atom is -0.493 e. The van der Waals surface area contributed by atoms with Crippen LogP contribution >= 0.6 is 11.6 Å². The standard InChI is InChI=1S/C22H29ClFN7O2/c1-30-7-9-31(10-8-30)6-3-11-33-21-14-19-16(13-20(21)32-2)22(25,28-29-27-19)26-15-4-5-18(24)17(23)12-15/h4-5,12-14,26H,3,6-11,25H2,1-2H3,(H,27,28). The number of fused-ring (bicyclic) bond motifs is 1. The van der Waals surface area contributed by atoms with Crippen molar-refractivity contribution in [2.45, 2.75) is 12.2 Å². The molecule has 33 heavy (non-hydrogen) atoms. The molecule has 2 aliphatic rings. The number of ether oxygens (including phenoxy) is 2. The molecule has 0 saturated carbocycles. The third-order valence-corrected chi connectivity index (χ3v) is 6.11. The molecule has 0 bridgehead atoms. The molecule has 1 fully saturated rings. The van der Waals surface area contributed by atoms with Crippen molar-refractivity contribution >= 4 is 23.0 Å². The van der Waals surface area contributed by atoms with E-state index in [-0.39, 0.29) is 5.02 Å². The van der Waals surface area contributed by atoms with E-state index in [0.717, 1.165) is 39.1 Å². The van der Waals surface area contributed by atoms with Gasteiger partial charge in [0.1, 0.15) is 5.82 Å². The Morgan fingerprint density at radius 1 is 1.21 bits per heavy atom. The van der Waals surface area contributed by atoms with Gasteiger partial charge in [0.15, 0.2) is 11.5 Å². The Balaban J connectivity index is 1.45. The smallest absolute Gasteiger partial charge is 0.232 e. The Kier molecular flexibility index (Phi) is 7.18. The molecule has 11 heteroatoms. The van der Waals surface area contributed by atoms with Crippen LogP contribution in [-0.4, -0.2) is 63.3 Å². The predicted octanol–water partition coefficient (Wildman–Crippen LogP) is 3.48. The van der Waals surface area contributed by atoms with Crippen LogP contribution < -0.4 is 25.9 Å². The van der Waals surface area contributed by atoms with Gasteiger partial charge in [0.2, 0.25) is 5.79 Å². The number of anilines is 2. The summed E-state index contributed by atoms with van der Waals surface area (Å²) < 4.78 is 25.1. The van der Waals surface area contributed by atoms with Gasteiger partial charge in [0.25, 0.3) is 0 Å². The van der Waals surface area contributed by atoms with Crippen molar-refractivity contribution in [3.63, 3.8) is 0 Å². The SMILES string of the molecule is COc1cc2c(cc1OCCCN1CCN(C)CC1)NN=NC2(N)Nc1ccc(F)c(Cl)c1. The van der Waals surface area contributed by atoms with Gasteiger partial charge in [-0.05, 0) is 37.7 Å². The molecule has 4 N–H and O–H groups in total. The Bertz CT molecular complexity index is 1020. The number of rotatable bonds is 8. The van der Waals surface area contributed by atoms with E-state index < -0.39 is 11.6 Å². The van der Waals surface area contributed by atoms with Gasteiger partial charge in [0, 0.05) is 50.0 Å². The molecule has 2 aromatic rings. The van der Waals surface area contributed by atoms with Gasteiger partial charge < -0.3 is 24.6 Å². The Morgan fingerprint density at radius 2 is 2.00 bits per heavy atom. The van der Waals surface area contributed by atoms with Crippen LogP contribution in [0.2, 0.25) is 5.02 Å². The maximum atomic E-state index is 13.5. The number of methoxy groups -OCH3 is 1. The van der Waals surface area contributed by atoms with Gasteiger partial charge >= 0.3 is 0 Å². The van der Waals surface area contributed by atoms with Crippen LogP contribution in [-0.2, 0) is 5.79 Å². The van der Waals surface area contributed by atoms with Gasteiger partial charge in [0.05, 0.1) is 24.4 Å². The zero-order chi connectivity index (χ0) is 23.4. The zero-order valence-electron chi connectivity index (χ0n) is 18.8. The quantitative estimate of drug-likeness (QED) is 0.395. The topological polar surface area (TPSA) is 99.7 Å². The fraction of sp³-hybridized carbons (Fsp3) is 0.455. The normalized spacial score (nSPS) is 20.8. The average molecular weight is 478 g/mol. The summed E-state index contributed by atoms with van der Waals surface area (Å²) in [6, 6.07) is 7.78. The summed E-state index contributed by atoms with van der Waals surface area (Å²) in [5.41, 5.74) is 11.1. The minimum atomic E-state index is -1.41. The summed E-state index contributed by atoms with van der Waals surface area (Å²) in [6.45, 7) is 5.90. The summed E-state index contributed by atoms with van der Waals surface area (Å²) in [4.78, 5) is 4.79. The highest BCUT2D eigenvalue weighted by molar-refractivity contribution is 6.31. The summed E-state index contributed by atoms with van der Waals surface area (Å²) in [6.07, 6.45) is 0.908. The largest absolute Gasteiger partial charge is 0.493 e. The molecule has 9 nitrogen and oxygen atoms in total. The molecule has 0 radical (unpaired) electrons. The molecule has 0 aromatic heterocycles. The number of nitrogens with one attached hydrogen (secondary N) is 2. The van der Waals surface area contributed by atoms with Crippen LogP contribution in [0.1, 0.15) is 12.0 Å². The van der Waals surface area contributed by atoms with Crippen molar-refractivity contribution in [2.75, 3.05) is 64.2 Å². The second-order valence-corrected chi connectivity index (χ2v) is 8.63. The number of piperazine rings is 1. The van der Waals surface area contributed by atoms with Gasteiger partial charge in [-0.15, -0.1) is 5.11 Å². The summed E-state index contributed by atoms with van der Waals surface area (Å²) in [5, 5.41) is 11.1. The zero-order valence-corrected chi connectivity index (χ0v) is 19.5. The van der Waals surface area contributed by atoms with Gasteiger partial charge in [-0.25, -0.2) is 4.39 Å². The lowest BCUT2D eigenvalue weighted by Crippen LogP contribution is -2.44. The van der Waals surface area contributed by atoms with Gasteiger partial charge in [-0.2, -0.15) is 0 Å². The van der Waals surface area contributed by atoms with Crippen molar-refractivity contribution in [3.8, 4) is 11.5 Å². The van der Waals surface area contributed by atoms with Crippen LogP contribution in [0.3, 0.4) is 0 Å². The van der Waals surface area contributed by atoms with Gasteiger partial charge in [-0.1, -0.05) is 16.8 Å². The number of benzene rings is 2. The van der Waals surface area contributed by atoms with Crippen LogP contribution in [0, 0.1) is 5.82 Å². The van der Waals surface area contributed by atoms with Gasteiger partial charge in [-0.3, -0.25) is 11.2 Å². The summed E-state index contributed by atoms with van der Waals surface area (Å²) in [7, 11) is 3.72. The maximum Gasteiger partial charge on any atom is 0.232 e. The molecular weight excluding hydrogens is 449 g/mol. The van der Waals surface area contributed by atoms with E-state index >= 15 is 0 Å². The van der Waals surface area contributed by atoms with E-state index in [4.69, 9.17) is 26.8 Å². The predicted molar refractivity (Wildman–Crippen MR) is 126 cm³/mol. The van der Waals surface area contributed by atoms with Crippen molar-refractivity contribution in [3.05, 3.63) is 46.7 Å². The molecule has 178 valence electrons. The average Bonchev–Trinajstić information content (AvgIpc) is 2.80. The van der Waals surface area contributed by atoms with Crippen LogP contribution in [0.25, 0.3) is 0 Å². The monoisotopic (exact) mass is 477 g/mol. The van der Waals surface area contributed by atoms with Crippen LogP contribution in [0.15, 0.2) is 40.7 Å².